The summed E-state index contributed by atoms with van der Waals surface area (Å²) in [6.45, 7) is 12.0. The fourth-order valence-corrected chi connectivity index (χ4v) is 5.53. The smallest absolute Gasteiger partial charge is 0.192 e. The highest BCUT2D eigenvalue weighted by atomic mass is 32.2. The average Bonchev–Trinajstić information content (AvgIpc) is 3.37. The molecule has 2 aromatic heterocycles. The Balaban J connectivity index is 1.63. The fraction of sp³-hybridized carbons (Fsp3) is 0.308. The Bertz CT molecular complexity index is 1130. The third-order valence-corrected chi connectivity index (χ3v) is 7.41. The van der Waals surface area contributed by atoms with Crippen LogP contribution >= 0.6 is 23.1 Å². The van der Waals surface area contributed by atoms with Crippen molar-refractivity contribution >= 4 is 23.1 Å². The molecule has 0 saturated carbocycles. The molecule has 3 nitrogen and oxygen atoms in total. The van der Waals surface area contributed by atoms with E-state index in [4.69, 9.17) is 0 Å². The minimum atomic E-state index is 0.159. The standard InChI is InChI=1S/C26H29N3S2/c1-18-14-21(26(3,4)5)15-19(2)22(18)17-31-25-28-27-24(23-12-9-13-30-23)29(25)16-20-10-7-6-8-11-20/h6-15H,16-17H2,1-5H3. The molecule has 4 aromatic rings. The number of thioether (sulfide) groups is 1. The summed E-state index contributed by atoms with van der Waals surface area (Å²) in [7, 11) is 0. The van der Waals surface area contributed by atoms with Gasteiger partial charge in [-0.25, -0.2) is 0 Å². The number of benzene rings is 2. The predicted octanol–water partition coefficient (Wildman–Crippen LogP) is 7.26. The van der Waals surface area contributed by atoms with Gasteiger partial charge in [0.25, 0.3) is 0 Å². The van der Waals surface area contributed by atoms with Crippen LogP contribution in [0.5, 0.6) is 0 Å². The summed E-state index contributed by atoms with van der Waals surface area (Å²) in [6, 6.07) is 19.4. The Morgan fingerprint density at radius 1 is 0.935 bits per heavy atom. The van der Waals surface area contributed by atoms with E-state index in [2.05, 4.69) is 109 Å². The number of aromatic nitrogens is 3. The second kappa shape index (κ2) is 9.01. The molecule has 5 heteroatoms. The van der Waals surface area contributed by atoms with Crippen molar-refractivity contribution in [2.45, 2.75) is 57.5 Å². The number of aryl methyl sites for hydroxylation is 2. The third kappa shape index (κ3) is 4.94. The van der Waals surface area contributed by atoms with Crippen LogP contribution in [0.4, 0.5) is 0 Å². The Morgan fingerprint density at radius 3 is 2.26 bits per heavy atom. The van der Waals surface area contributed by atoms with E-state index in [-0.39, 0.29) is 5.41 Å². The SMILES string of the molecule is Cc1cc(C(C)(C)C)cc(C)c1CSc1nnc(-c2cccs2)n1Cc1ccccc1. The van der Waals surface area contributed by atoms with Gasteiger partial charge in [0.2, 0.25) is 0 Å². The van der Waals surface area contributed by atoms with E-state index in [0.717, 1.165) is 28.2 Å². The van der Waals surface area contributed by atoms with Crippen molar-refractivity contribution in [1.29, 1.82) is 0 Å². The molecule has 0 aliphatic rings. The summed E-state index contributed by atoms with van der Waals surface area (Å²) in [5, 5.41) is 12.2. The van der Waals surface area contributed by atoms with Crippen LogP contribution in [0.25, 0.3) is 10.7 Å². The molecular formula is C26H29N3S2. The molecule has 4 rings (SSSR count). The molecule has 2 aromatic carbocycles. The van der Waals surface area contributed by atoms with Gasteiger partial charge in [-0.15, -0.1) is 21.5 Å². The first-order valence-electron chi connectivity index (χ1n) is 10.6. The fourth-order valence-electron chi connectivity index (χ4n) is 3.68. The van der Waals surface area contributed by atoms with Crippen LogP contribution in [0.2, 0.25) is 0 Å². The maximum Gasteiger partial charge on any atom is 0.192 e. The zero-order chi connectivity index (χ0) is 22.0. The lowest BCUT2D eigenvalue weighted by Gasteiger charge is -2.22. The summed E-state index contributed by atoms with van der Waals surface area (Å²) in [5.74, 6) is 1.83. The number of thiophene rings is 1. The van der Waals surface area contributed by atoms with Gasteiger partial charge in [0.15, 0.2) is 11.0 Å². The minimum absolute atomic E-state index is 0.159. The van der Waals surface area contributed by atoms with E-state index in [0.29, 0.717) is 0 Å². The molecule has 0 radical (unpaired) electrons. The molecule has 0 amide bonds. The van der Waals surface area contributed by atoms with E-state index in [1.807, 2.05) is 0 Å². The highest BCUT2D eigenvalue weighted by Crippen LogP contribution is 2.33. The van der Waals surface area contributed by atoms with E-state index >= 15 is 0 Å². The predicted molar refractivity (Wildman–Crippen MR) is 133 cm³/mol. The van der Waals surface area contributed by atoms with Gasteiger partial charge in [-0.2, -0.15) is 0 Å². The Labute approximate surface area is 193 Å². The topological polar surface area (TPSA) is 30.7 Å². The summed E-state index contributed by atoms with van der Waals surface area (Å²) >= 11 is 3.48. The van der Waals surface area contributed by atoms with Crippen LogP contribution in [-0.4, -0.2) is 14.8 Å². The van der Waals surface area contributed by atoms with Crippen LogP contribution < -0.4 is 0 Å². The maximum atomic E-state index is 4.58. The van der Waals surface area contributed by atoms with Crippen LogP contribution in [0.1, 0.15) is 48.6 Å². The Hall–Kier alpha value is -2.37. The van der Waals surface area contributed by atoms with Crippen molar-refractivity contribution in [2.24, 2.45) is 0 Å². The number of hydrogen-bond donors (Lipinski definition) is 0. The lowest BCUT2D eigenvalue weighted by molar-refractivity contribution is 0.589. The summed E-state index contributed by atoms with van der Waals surface area (Å²) in [4.78, 5) is 1.15. The second-order valence-corrected chi connectivity index (χ2v) is 10.9. The van der Waals surface area contributed by atoms with Crippen molar-refractivity contribution in [3.05, 3.63) is 87.8 Å². The van der Waals surface area contributed by atoms with Crippen molar-refractivity contribution in [3.8, 4) is 10.7 Å². The van der Waals surface area contributed by atoms with Gasteiger partial charge in [-0.05, 0) is 58.5 Å². The van der Waals surface area contributed by atoms with E-state index in [1.54, 1.807) is 23.1 Å². The molecule has 0 aliphatic heterocycles. The molecular weight excluding hydrogens is 418 g/mol. The van der Waals surface area contributed by atoms with E-state index < -0.39 is 0 Å². The lowest BCUT2D eigenvalue weighted by atomic mass is 9.84. The number of nitrogens with zero attached hydrogens (tertiary/aromatic N) is 3. The molecule has 0 bridgehead atoms. The Morgan fingerprint density at radius 2 is 1.65 bits per heavy atom. The van der Waals surface area contributed by atoms with Crippen LogP contribution in [-0.2, 0) is 17.7 Å². The van der Waals surface area contributed by atoms with Gasteiger partial charge in [-0.1, -0.05) is 81.1 Å². The molecule has 2 heterocycles. The maximum absolute atomic E-state index is 4.58. The molecule has 0 unspecified atom stereocenters. The number of rotatable bonds is 6. The van der Waals surface area contributed by atoms with Crippen molar-refractivity contribution in [3.63, 3.8) is 0 Å². The average molecular weight is 448 g/mol. The monoisotopic (exact) mass is 447 g/mol. The number of hydrogen-bond acceptors (Lipinski definition) is 4. The molecule has 160 valence electrons. The molecule has 0 saturated heterocycles. The van der Waals surface area contributed by atoms with E-state index in [1.165, 1.54) is 27.8 Å². The largest absolute Gasteiger partial charge is 0.297 e. The molecule has 31 heavy (non-hydrogen) atoms. The summed E-state index contributed by atoms with van der Waals surface area (Å²) < 4.78 is 2.25. The first-order chi connectivity index (χ1) is 14.8. The highest BCUT2D eigenvalue weighted by Gasteiger charge is 2.19. The van der Waals surface area contributed by atoms with Gasteiger partial charge < -0.3 is 0 Å². The zero-order valence-electron chi connectivity index (χ0n) is 18.8. The van der Waals surface area contributed by atoms with Crippen molar-refractivity contribution in [1.82, 2.24) is 14.8 Å². The van der Waals surface area contributed by atoms with Crippen molar-refractivity contribution < 1.29 is 0 Å². The van der Waals surface area contributed by atoms with Gasteiger partial charge in [-0.3, -0.25) is 4.57 Å². The van der Waals surface area contributed by atoms with Gasteiger partial charge in [0.1, 0.15) is 0 Å². The quantitative estimate of drug-likeness (QED) is 0.291. The molecule has 0 fully saturated rings. The summed E-state index contributed by atoms with van der Waals surface area (Å²) in [5.41, 5.74) is 6.90. The van der Waals surface area contributed by atoms with Crippen LogP contribution in [0.3, 0.4) is 0 Å². The van der Waals surface area contributed by atoms with E-state index in [9.17, 15) is 0 Å². The first-order valence-corrected chi connectivity index (χ1v) is 12.4. The van der Waals surface area contributed by atoms with Crippen molar-refractivity contribution in [2.75, 3.05) is 0 Å². The normalized spacial score (nSPS) is 11.8. The lowest BCUT2D eigenvalue weighted by Crippen LogP contribution is -2.12. The zero-order valence-corrected chi connectivity index (χ0v) is 20.5. The molecule has 0 N–H and O–H groups in total. The Kier molecular flexibility index (Phi) is 6.35. The van der Waals surface area contributed by atoms with Gasteiger partial charge >= 0.3 is 0 Å². The minimum Gasteiger partial charge on any atom is -0.297 e. The van der Waals surface area contributed by atoms with Crippen LogP contribution in [0, 0.1) is 13.8 Å². The first kappa shape index (κ1) is 21.8. The molecule has 0 aliphatic carbocycles. The van der Waals surface area contributed by atoms with Gasteiger partial charge in [0, 0.05) is 5.75 Å². The summed E-state index contributed by atoms with van der Waals surface area (Å²) in [6.07, 6.45) is 0. The second-order valence-electron chi connectivity index (χ2n) is 8.98. The van der Waals surface area contributed by atoms with Crippen LogP contribution in [0.15, 0.2) is 65.1 Å². The highest BCUT2D eigenvalue weighted by molar-refractivity contribution is 7.98. The molecule has 0 spiro atoms. The van der Waals surface area contributed by atoms with Gasteiger partial charge in [0.05, 0.1) is 11.4 Å². The molecule has 0 atom stereocenters. The third-order valence-electron chi connectivity index (χ3n) is 5.55.